The Balaban J connectivity index is 2.71. The number of terminal acetylenes is 1. The van der Waals surface area contributed by atoms with Gasteiger partial charge in [-0.15, -0.1) is 11.5 Å². The first-order valence-electron chi connectivity index (χ1n) is 3.82. The molecular weight excluding hydrogens is 186 g/mol. The molecule has 0 spiro atoms. The summed E-state index contributed by atoms with van der Waals surface area (Å²) in [6, 6.07) is 0. The maximum Gasteiger partial charge on any atom is 0.265 e. The van der Waals surface area contributed by atoms with E-state index >= 15 is 0 Å². The van der Waals surface area contributed by atoms with Gasteiger partial charge in [-0.05, 0) is 18.0 Å². The van der Waals surface area contributed by atoms with Crippen molar-refractivity contribution in [3.05, 3.63) is 10.6 Å². The summed E-state index contributed by atoms with van der Waals surface area (Å²) in [4.78, 5) is 11.9. The Bertz CT molecular complexity index is 339. The van der Waals surface area contributed by atoms with Crippen LogP contribution in [0.25, 0.3) is 0 Å². The molecule has 0 bridgehead atoms. The van der Waals surface area contributed by atoms with Crippen molar-refractivity contribution >= 4 is 17.4 Å². The molecule has 0 aromatic carbocycles. The van der Waals surface area contributed by atoms with Crippen LogP contribution in [0.5, 0.6) is 0 Å². The summed E-state index contributed by atoms with van der Waals surface area (Å²) in [6.45, 7) is 2.16. The van der Waals surface area contributed by atoms with Gasteiger partial charge in [-0.3, -0.25) is 4.79 Å². The number of nitrogens with one attached hydrogen (secondary N) is 1. The molecule has 1 amide bonds. The minimum atomic E-state index is -0.190. The van der Waals surface area contributed by atoms with Crippen LogP contribution in [-0.4, -0.2) is 22.0 Å². The molecule has 0 saturated heterocycles. The van der Waals surface area contributed by atoms with Crippen molar-refractivity contribution in [1.29, 1.82) is 0 Å². The molecule has 68 valence electrons. The van der Waals surface area contributed by atoms with E-state index in [9.17, 15) is 4.79 Å². The Morgan fingerprint density at radius 3 is 3.15 bits per heavy atom. The molecule has 0 radical (unpaired) electrons. The molecule has 0 fully saturated rings. The minimum Gasteiger partial charge on any atom is -0.340 e. The van der Waals surface area contributed by atoms with E-state index in [2.05, 4.69) is 20.8 Å². The molecule has 1 N–H and O–H groups in total. The monoisotopic (exact) mass is 195 g/mol. The zero-order chi connectivity index (χ0) is 9.68. The third kappa shape index (κ3) is 2.26. The Labute approximate surface area is 80.5 Å². The number of carbonyl (C=O) groups is 1. The van der Waals surface area contributed by atoms with Gasteiger partial charge in [0.2, 0.25) is 0 Å². The first kappa shape index (κ1) is 9.68. The molecule has 0 unspecified atom stereocenters. The fraction of sp³-hybridized carbons (Fsp3) is 0.375. The van der Waals surface area contributed by atoms with Gasteiger partial charge in [0.1, 0.15) is 4.88 Å². The molecule has 13 heavy (non-hydrogen) atoms. The lowest BCUT2D eigenvalue weighted by Gasteiger charge is -1.97. The Morgan fingerprint density at radius 1 is 1.77 bits per heavy atom. The normalized spacial score (nSPS) is 9.23. The van der Waals surface area contributed by atoms with Gasteiger partial charge in [0.25, 0.3) is 5.91 Å². The zero-order valence-electron chi connectivity index (χ0n) is 7.20. The fourth-order valence-corrected chi connectivity index (χ4v) is 1.49. The van der Waals surface area contributed by atoms with Crippen molar-refractivity contribution in [3.8, 4) is 12.3 Å². The topological polar surface area (TPSA) is 54.9 Å². The Hall–Kier alpha value is -1.41. The van der Waals surface area contributed by atoms with E-state index in [4.69, 9.17) is 6.42 Å². The van der Waals surface area contributed by atoms with Crippen LogP contribution in [0, 0.1) is 12.3 Å². The molecule has 1 heterocycles. The van der Waals surface area contributed by atoms with E-state index in [0.717, 1.165) is 17.2 Å². The van der Waals surface area contributed by atoms with Gasteiger partial charge in [-0.1, -0.05) is 17.3 Å². The number of nitrogens with zero attached hydrogens (tertiary/aromatic N) is 2. The molecule has 1 rings (SSSR count). The maximum absolute atomic E-state index is 11.4. The molecular formula is C8H9N3OS. The lowest BCUT2D eigenvalue weighted by Crippen LogP contribution is -2.23. The number of aromatic nitrogens is 2. The average molecular weight is 195 g/mol. The number of hydrogen-bond acceptors (Lipinski definition) is 4. The van der Waals surface area contributed by atoms with Crippen molar-refractivity contribution < 1.29 is 4.79 Å². The predicted molar refractivity (Wildman–Crippen MR) is 50.5 cm³/mol. The maximum atomic E-state index is 11.4. The molecule has 0 aliphatic carbocycles. The van der Waals surface area contributed by atoms with Gasteiger partial charge in [-0.25, -0.2) is 0 Å². The molecule has 0 aliphatic rings. The summed E-state index contributed by atoms with van der Waals surface area (Å²) in [7, 11) is 0. The van der Waals surface area contributed by atoms with Gasteiger partial charge < -0.3 is 5.32 Å². The van der Waals surface area contributed by atoms with Crippen LogP contribution in [0.1, 0.15) is 22.3 Å². The first-order chi connectivity index (χ1) is 6.29. The van der Waals surface area contributed by atoms with E-state index in [-0.39, 0.29) is 12.5 Å². The lowest BCUT2D eigenvalue weighted by molar-refractivity contribution is 0.0961. The van der Waals surface area contributed by atoms with Crippen LogP contribution in [0.4, 0.5) is 0 Å². The molecule has 1 aromatic rings. The van der Waals surface area contributed by atoms with E-state index in [1.807, 2.05) is 6.92 Å². The first-order valence-corrected chi connectivity index (χ1v) is 4.59. The third-order valence-corrected chi connectivity index (χ3v) is 2.21. The highest BCUT2D eigenvalue weighted by atomic mass is 32.1. The van der Waals surface area contributed by atoms with E-state index < -0.39 is 0 Å². The second-order valence-electron chi connectivity index (χ2n) is 2.29. The predicted octanol–water partition coefficient (Wildman–Crippen LogP) is 0.463. The average Bonchev–Trinajstić information content (AvgIpc) is 2.61. The second kappa shape index (κ2) is 4.58. The second-order valence-corrected chi connectivity index (χ2v) is 3.04. The summed E-state index contributed by atoms with van der Waals surface area (Å²) in [5, 5.41) is 6.38. The Kier molecular flexibility index (Phi) is 3.41. The summed E-state index contributed by atoms with van der Waals surface area (Å²) < 4.78 is 3.70. The van der Waals surface area contributed by atoms with Gasteiger partial charge in [-0.2, -0.15) is 0 Å². The zero-order valence-corrected chi connectivity index (χ0v) is 8.02. The lowest BCUT2D eigenvalue weighted by atomic mass is 10.3. The Morgan fingerprint density at radius 2 is 2.54 bits per heavy atom. The summed E-state index contributed by atoms with van der Waals surface area (Å²) in [5.74, 6) is 2.14. The largest absolute Gasteiger partial charge is 0.340 e. The van der Waals surface area contributed by atoms with Crippen LogP contribution in [-0.2, 0) is 6.42 Å². The fourth-order valence-electron chi connectivity index (χ4n) is 0.824. The SMILES string of the molecule is C#CCNC(=O)c1snnc1CC. The third-order valence-electron chi connectivity index (χ3n) is 1.45. The molecule has 4 nitrogen and oxygen atoms in total. The van der Waals surface area contributed by atoms with Crippen LogP contribution >= 0.6 is 11.5 Å². The highest BCUT2D eigenvalue weighted by molar-refractivity contribution is 7.08. The van der Waals surface area contributed by atoms with Crippen molar-refractivity contribution in [2.45, 2.75) is 13.3 Å². The molecule has 0 atom stereocenters. The summed E-state index contributed by atoms with van der Waals surface area (Å²) in [6.07, 6.45) is 5.71. The summed E-state index contributed by atoms with van der Waals surface area (Å²) in [5.41, 5.74) is 0.722. The molecule has 1 aromatic heterocycles. The van der Waals surface area contributed by atoms with Crippen LogP contribution in [0.2, 0.25) is 0 Å². The smallest absolute Gasteiger partial charge is 0.265 e. The van der Waals surface area contributed by atoms with Crippen molar-refractivity contribution in [2.75, 3.05) is 6.54 Å². The van der Waals surface area contributed by atoms with Crippen molar-refractivity contribution in [1.82, 2.24) is 14.9 Å². The number of amides is 1. The van der Waals surface area contributed by atoms with Crippen LogP contribution < -0.4 is 5.32 Å². The number of hydrogen-bond donors (Lipinski definition) is 1. The van der Waals surface area contributed by atoms with Gasteiger partial charge in [0, 0.05) is 0 Å². The highest BCUT2D eigenvalue weighted by Gasteiger charge is 2.13. The number of aryl methyl sites for hydroxylation is 1. The van der Waals surface area contributed by atoms with Gasteiger partial charge in [0.05, 0.1) is 12.2 Å². The van der Waals surface area contributed by atoms with Crippen LogP contribution in [0.3, 0.4) is 0 Å². The van der Waals surface area contributed by atoms with E-state index in [1.165, 1.54) is 0 Å². The highest BCUT2D eigenvalue weighted by Crippen LogP contribution is 2.10. The molecule has 5 heteroatoms. The summed E-state index contributed by atoms with van der Waals surface area (Å²) >= 11 is 1.09. The molecule has 0 saturated carbocycles. The standard InChI is InChI=1S/C8H9N3OS/c1-3-5-9-8(12)7-6(4-2)10-11-13-7/h1H,4-5H2,2H3,(H,9,12). The van der Waals surface area contributed by atoms with Gasteiger partial charge in [0.15, 0.2) is 0 Å². The number of carbonyl (C=O) groups excluding carboxylic acids is 1. The van der Waals surface area contributed by atoms with Gasteiger partial charge >= 0.3 is 0 Å². The minimum absolute atomic E-state index is 0.190. The van der Waals surface area contributed by atoms with Crippen LogP contribution in [0.15, 0.2) is 0 Å². The van der Waals surface area contributed by atoms with E-state index in [1.54, 1.807) is 0 Å². The molecule has 0 aliphatic heterocycles. The quantitative estimate of drug-likeness (QED) is 0.713. The van der Waals surface area contributed by atoms with Crippen molar-refractivity contribution in [2.24, 2.45) is 0 Å². The van der Waals surface area contributed by atoms with Crippen molar-refractivity contribution in [3.63, 3.8) is 0 Å². The number of rotatable bonds is 3. The van der Waals surface area contributed by atoms with E-state index in [0.29, 0.717) is 11.3 Å².